The fourth-order valence-corrected chi connectivity index (χ4v) is 1.19. The Bertz CT molecular complexity index is 240. The van der Waals surface area contributed by atoms with Gasteiger partial charge >= 0.3 is 0 Å². The quantitative estimate of drug-likeness (QED) is 0.737. The van der Waals surface area contributed by atoms with Crippen LogP contribution in [0.3, 0.4) is 0 Å². The molecule has 12 heavy (non-hydrogen) atoms. The number of aryl methyl sites for hydroxylation is 2. The van der Waals surface area contributed by atoms with Gasteiger partial charge < -0.3 is 5.73 Å². The van der Waals surface area contributed by atoms with Gasteiger partial charge in [-0.2, -0.15) is 5.10 Å². The Morgan fingerprint density at radius 1 is 1.58 bits per heavy atom. The van der Waals surface area contributed by atoms with Crippen molar-refractivity contribution in [3.63, 3.8) is 0 Å². The van der Waals surface area contributed by atoms with Crippen molar-refractivity contribution in [2.75, 3.05) is 0 Å². The summed E-state index contributed by atoms with van der Waals surface area (Å²) in [7, 11) is 0. The third-order valence-electron chi connectivity index (χ3n) is 2.01. The van der Waals surface area contributed by atoms with Crippen molar-refractivity contribution in [2.45, 2.75) is 39.8 Å². The van der Waals surface area contributed by atoms with Gasteiger partial charge in [0.1, 0.15) is 0 Å². The highest BCUT2D eigenvalue weighted by atomic mass is 15.3. The van der Waals surface area contributed by atoms with Crippen LogP contribution in [0, 0.1) is 6.92 Å². The molecule has 0 aliphatic heterocycles. The van der Waals surface area contributed by atoms with Gasteiger partial charge in [0.15, 0.2) is 0 Å². The predicted octanol–water partition coefficient (Wildman–Crippen LogP) is 1.45. The summed E-state index contributed by atoms with van der Waals surface area (Å²) in [5, 5.41) is 4.36. The maximum atomic E-state index is 5.54. The minimum atomic E-state index is 0.595. The van der Waals surface area contributed by atoms with E-state index in [1.54, 1.807) is 0 Å². The third-order valence-corrected chi connectivity index (χ3v) is 2.01. The molecular formula is C9H17N3. The van der Waals surface area contributed by atoms with Crippen LogP contribution in [-0.2, 0) is 13.1 Å². The van der Waals surface area contributed by atoms with E-state index in [1.807, 2.05) is 17.8 Å². The second-order valence-electron chi connectivity index (χ2n) is 3.06. The molecule has 0 aliphatic rings. The van der Waals surface area contributed by atoms with E-state index in [4.69, 9.17) is 5.73 Å². The van der Waals surface area contributed by atoms with Gasteiger partial charge in [-0.3, -0.25) is 4.68 Å². The Morgan fingerprint density at radius 3 is 2.83 bits per heavy atom. The van der Waals surface area contributed by atoms with Crippen molar-refractivity contribution in [1.29, 1.82) is 0 Å². The Morgan fingerprint density at radius 2 is 2.33 bits per heavy atom. The summed E-state index contributed by atoms with van der Waals surface area (Å²) in [5.41, 5.74) is 7.76. The Balaban J connectivity index is 2.62. The maximum absolute atomic E-state index is 5.54. The van der Waals surface area contributed by atoms with E-state index in [1.165, 1.54) is 12.8 Å². The number of rotatable bonds is 4. The molecule has 0 unspecified atom stereocenters. The van der Waals surface area contributed by atoms with Gasteiger partial charge in [-0.15, -0.1) is 0 Å². The van der Waals surface area contributed by atoms with Crippen LogP contribution in [0.25, 0.3) is 0 Å². The first-order chi connectivity index (χ1) is 5.77. The Hall–Kier alpha value is -0.830. The van der Waals surface area contributed by atoms with Crippen LogP contribution >= 0.6 is 0 Å². The molecule has 0 spiro atoms. The first-order valence-electron chi connectivity index (χ1n) is 4.51. The molecule has 1 aromatic rings. The molecule has 1 aromatic heterocycles. The van der Waals surface area contributed by atoms with Crippen LogP contribution in [0.15, 0.2) is 6.20 Å². The molecule has 2 N–H and O–H groups in total. The first-order valence-corrected chi connectivity index (χ1v) is 4.51. The monoisotopic (exact) mass is 167 g/mol. The lowest BCUT2D eigenvalue weighted by molar-refractivity contribution is 0.568. The average Bonchev–Trinajstić information content (AvgIpc) is 2.43. The summed E-state index contributed by atoms with van der Waals surface area (Å²) < 4.78 is 1.99. The lowest BCUT2D eigenvalue weighted by Gasteiger charge is -1.96. The molecule has 0 saturated carbocycles. The van der Waals surface area contributed by atoms with E-state index < -0.39 is 0 Å². The van der Waals surface area contributed by atoms with Crippen molar-refractivity contribution in [1.82, 2.24) is 9.78 Å². The molecule has 68 valence electrons. The lowest BCUT2D eigenvalue weighted by Crippen LogP contribution is -1.98. The smallest absolute Gasteiger partial charge is 0.0638 e. The van der Waals surface area contributed by atoms with Crippen LogP contribution in [0.5, 0.6) is 0 Å². The molecule has 0 atom stereocenters. The molecule has 0 amide bonds. The Labute approximate surface area is 73.6 Å². The largest absolute Gasteiger partial charge is 0.326 e. The van der Waals surface area contributed by atoms with Gasteiger partial charge in [-0.25, -0.2) is 0 Å². The molecule has 0 fully saturated rings. The zero-order valence-corrected chi connectivity index (χ0v) is 7.88. The molecular weight excluding hydrogens is 150 g/mol. The zero-order valence-electron chi connectivity index (χ0n) is 7.88. The van der Waals surface area contributed by atoms with Gasteiger partial charge in [0.05, 0.1) is 5.69 Å². The summed E-state index contributed by atoms with van der Waals surface area (Å²) in [6.07, 6.45) is 4.44. The predicted molar refractivity (Wildman–Crippen MR) is 49.8 cm³/mol. The number of aromatic nitrogens is 2. The number of hydrogen-bond acceptors (Lipinski definition) is 2. The normalized spacial score (nSPS) is 10.6. The Kier molecular flexibility index (Phi) is 3.29. The van der Waals surface area contributed by atoms with Gasteiger partial charge in [0.25, 0.3) is 0 Å². The maximum Gasteiger partial charge on any atom is 0.0638 e. The molecule has 1 heterocycles. The summed E-state index contributed by atoms with van der Waals surface area (Å²) in [6, 6.07) is 0. The zero-order chi connectivity index (χ0) is 8.97. The van der Waals surface area contributed by atoms with Crippen LogP contribution < -0.4 is 5.73 Å². The van der Waals surface area contributed by atoms with E-state index in [2.05, 4.69) is 12.0 Å². The van der Waals surface area contributed by atoms with E-state index in [-0.39, 0.29) is 0 Å². The average molecular weight is 167 g/mol. The highest BCUT2D eigenvalue weighted by molar-refractivity contribution is 5.14. The van der Waals surface area contributed by atoms with Crippen LogP contribution in [-0.4, -0.2) is 9.78 Å². The SMILES string of the molecule is CCCCn1cc(CN)c(C)n1. The summed E-state index contributed by atoms with van der Waals surface area (Å²) in [6.45, 7) is 5.79. The van der Waals surface area contributed by atoms with Gasteiger partial charge in [-0.1, -0.05) is 13.3 Å². The summed E-state index contributed by atoms with van der Waals surface area (Å²) >= 11 is 0. The van der Waals surface area contributed by atoms with Crippen molar-refractivity contribution in [3.8, 4) is 0 Å². The second kappa shape index (κ2) is 4.26. The van der Waals surface area contributed by atoms with Gasteiger partial charge in [0.2, 0.25) is 0 Å². The third kappa shape index (κ3) is 2.08. The van der Waals surface area contributed by atoms with E-state index in [0.717, 1.165) is 17.8 Å². The van der Waals surface area contributed by atoms with Crippen LogP contribution in [0.2, 0.25) is 0 Å². The minimum absolute atomic E-state index is 0.595. The molecule has 1 rings (SSSR count). The van der Waals surface area contributed by atoms with Crippen molar-refractivity contribution in [3.05, 3.63) is 17.5 Å². The molecule has 0 saturated heterocycles. The highest BCUT2D eigenvalue weighted by Crippen LogP contribution is 2.04. The number of nitrogens with zero attached hydrogens (tertiary/aromatic N) is 2. The summed E-state index contributed by atoms with van der Waals surface area (Å²) in [5.74, 6) is 0. The molecule has 0 aliphatic carbocycles. The topological polar surface area (TPSA) is 43.8 Å². The van der Waals surface area contributed by atoms with Crippen molar-refractivity contribution >= 4 is 0 Å². The van der Waals surface area contributed by atoms with E-state index >= 15 is 0 Å². The number of hydrogen-bond donors (Lipinski definition) is 1. The number of unbranched alkanes of at least 4 members (excludes halogenated alkanes) is 1. The lowest BCUT2D eigenvalue weighted by atomic mass is 10.3. The van der Waals surface area contributed by atoms with Gasteiger partial charge in [-0.05, 0) is 13.3 Å². The molecule has 0 radical (unpaired) electrons. The first kappa shape index (κ1) is 9.26. The fourth-order valence-electron chi connectivity index (χ4n) is 1.19. The standard InChI is InChI=1S/C9H17N3/c1-3-4-5-12-7-9(6-10)8(2)11-12/h7H,3-6,10H2,1-2H3. The van der Waals surface area contributed by atoms with E-state index in [9.17, 15) is 0 Å². The number of nitrogens with two attached hydrogens (primary N) is 1. The molecule has 0 aromatic carbocycles. The summed E-state index contributed by atoms with van der Waals surface area (Å²) in [4.78, 5) is 0. The fraction of sp³-hybridized carbons (Fsp3) is 0.667. The van der Waals surface area contributed by atoms with E-state index in [0.29, 0.717) is 6.54 Å². The van der Waals surface area contributed by atoms with Crippen LogP contribution in [0.4, 0.5) is 0 Å². The molecule has 0 bridgehead atoms. The minimum Gasteiger partial charge on any atom is -0.326 e. The van der Waals surface area contributed by atoms with Gasteiger partial charge in [0, 0.05) is 24.8 Å². The van der Waals surface area contributed by atoms with Crippen molar-refractivity contribution < 1.29 is 0 Å². The molecule has 3 heteroatoms. The highest BCUT2D eigenvalue weighted by Gasteiger charge is 2.01. The van der Waals surface area contributed by atoms with Crippen molar-refractivity contribution in [2.24, 2.45) is 5.73 Å². The second-order valence-corrected chi connectivity index (χ2v) is 3.06. The molecule has 3 nitrogen and oxygen atoms in total. The van der Waals surface area contributed by atoms with Crippen LogP contribution in [0.1, 0.15) is 31.0 Å².